The second-order valence-electron chi connectivity index (χ2n) is 6.71. The van der Waals surface area contributed by atoms with Gasteiger partial charge in [0.15, 0.2) is 0 Å². The average Bonchev–Trinajstić information content (AvgIpc) is 3.24. The van der Waals surface area contributed by atoms with E-state index < -0.39 is 16.2 Å². The minimum atomic E-state index is -3.97. The number of hydrogen-bond donors (Lipinski definition) is 1. The van der Waals surface area contributed by atoms with Crippen LogP contribution in [0.3, 0.4) is 0 Å². The number of imidazole rings is 1. The van der Waals surface area contributed by atoms with Crippen LogP contribution in [0.5, 0.6) is 0 Å². The molecule has 1 aromatic heterocycles. The van der Waals surface area contributed by atoms with Gasteiger partial charge < -0.3 is 14.0 Å². The minimum Gasteiger partial charge on any atom is -0.858 e. The van der Waals surface area contributed by atoms with Gasteiger partial charge in [-0.2, -0.15) is 8.42 Å². The van der Waals surface area contributed by atoms with E-state index in [0.29, 0.717) is 21.7 Å². The molecule has 0 saturated carbocycles. The van der Waals surface area contributed by atoms with Gasteiger partial charge in [-0.3, -0.25) is 4.98 Å². The Balaban J connectivity index is 0.000000257. The fourth-order valence-electron chi connectivity index (χ4n) is 2.76. The monoisotopic (exact) mass is 529 g/mol. The molecule has 1 unspecified atom stereocenters. The van der Waals surface area contributed by atoms with E-state index in [2.05, 4.69) is 13.6 Å². The lowest BCUT2D eigenvalue weighted by Crippen LogP contribution is -2.39. The summed E-state index contributed by atoms with van der Waals surface area (Å²) < 4.78 is 35.7. The van der Waals surface area contributed by atoms with Crippen LogP contribution in [0.1, 0.15) is 24.3 Å². The van der Waals surface area contributed by atoms with Crippen molar-refractivity contribution < 1.29 is 27.0 Å². The van der Waals surface area contributed by atoms with E-state index in [1.54, 1.807) is 12.1 Å². The number of nitrogens with one attached hydrogen (secondary N) is 1. The summed E-state index contributed by atoms with van der Waals surface area (Å²) in [5.41, 5.74) is 1.87. The summed E-state index contributed by atoms with van der Waals surface area (Å²) >= 11 is 18.2. The van der Waals surface area contributed by atoms with Crippen molar-refractivity contribution in [3.8, 4) is 0 Å². The van der Waals surface area contributed by atoms with Gasteiger partial charge in [-0.25, -0.2) is 4.57 Å². The Bertz CT molecular complexity index is 1260. The van der Waals surface area contributed by atoms with Crippen molar-refractivity contribution >= 4 is 51.0 Å². The SMILES string of the molecule is CC1=CC([O-])=NS(=O)(=O)O1.Clc1ccc(COC(c2ccc(Cl)cc2Cl)[n+]2cc[nH]c2)cc1. The first-order valence-corrected chi connectivity index (χ1v) is 11.9. The maximum atomic E-state index is 10.4. The normalized spacial score (nSPS) is 15.4. The largest absolute Gasteiger partial charge is 0.858 e. The summed E-state index contributed by atoms with van der Waals surface area (Å²) in [5.74, 6) is -0.760. The van der Waals surface area contributed by atoms with Crippen molar-refractivity contribution in [3.05, 3.63) is 99.2 Å². The van der Waals surface area contributed by atoms with Crippen molar-refractivity contribution in [1.29, 1.82) is 0 Å². The molecule has 3 aromatic rings. The molecular formula is C21H18Cl3N3O5S. The molecule has 0 radical (unpaired) electrons. The lowest BCUT2D eigenvalue weighted by molar-refractivity contribution is -0.752. The van der Waals surface area contributed by atoms with Gasteiger partial charge in [0.2, 0.25) is 12.6 Å². The van der Waals surface area contributed by atoms with Crippen LogP contribution in [0.25, 0.3) is 0 Å². The second kappa shape index (κ2) is 11.0. The third kappa shape index (κ3) is 7.48. The van der Waals surface area contributed by atoms with E-state index in [1.807, 2.05) is 53.6 Å². The number of ether oxygens (including phenoxy) is 1. The van der Waals surface area contributed by atoms with Gasteiger partial charge in [-0.05, 0) is 48.9 Å². The average molecular weight is 531 g/mol. The highest BCUT2D eigenvalue weighted by Crippen LogP contribution is 2.27. The van der Waals surface area contributed by atoms with Crippen LogP contribution < -0.4 is 9.67 Å². The standard InChI is InChI=1S/C17H13Cl3N2O.C4H5NO4S/c18-13-3-1-12(2-4-13)10-23-17(22-8-7-21-11-22)15-6-5-14(19)9-16(15)20;1-3-2-4(6)5-10(7,8)9-3/h1-9,11,17H,10H2;2H,1H3,(H,5,6). The van der Waals surface area contributed by atoms with Crippen molar-refractivity contribution in [2.45, 2.75) is 19.8 Å². The summed E-state index contributed by atoms with van der Waals surface area (Å²) in [6.45, 7) is 1.79. The first kappa shape index (κ1) is 25.1. The lowest BCUT2D eigenvalue weighted by atomic mass is 10.2. The van der Waals surface area contributed by atoms with E-state index in [9.17, 15) is 13.5 Å². The molecule has 12 heteroatoms. The Kier molecular flexibility index (Phi) is 8.39. The number of allylic oxidation sites excluding steroid dienone is 1. The van der Waals surface area contributed by atoms with Gasteiger partial charge in [0.25, 0.3) is 0 Å². The molecule has 2 aromatic carbocycles. The van der Waals surface area contributed by atoms with Gasteiger partial charge in [-0.15, -0.1) is 4.40 Å². The van der Waals surface area contributed by atoms with Crippen LogP contribution in [-0.4, -0.2) is 19.3 Å². The Morgan fingerprint density at radius 2 is 1.85 bits per heavy atom. The van der Waals surface area contributed by atoms with E-state index in [1.165, 1.54) is 6.92 Å². The summed E-state index contributed by atoms with van der Waals surface area (Å²) in [6, 6.07) is 12.9. The first-order valence-electron chi connectivity index (χ1n) is 9.37. The molecule has 2 heterocycles. The Hall–Kier alpha value is -2.56. The molecule has 0 spiro atoms. The molecule has 174 valence electrons. The highest BCUT2D eigenvalue weighted by Gasteiger charge is 2.22. The molecule has 1 N–H and O–H groups in total. The molecule has 0 fully saturated rings. The fraction of sp³-hybridized carbons (Fsp3) is 0.143. The summed E-state index contributed by atoms with van der Waals surface area (Å²) in [6.07, 6.45) is 6.17. The maximum absolute atomic E-state index is 10.4. The van der Waals surface area contributed by atoms with Gasteiger partial charge in [-0.1, -0.05) is 46.9 Å². The summed E-state index contributed by atoms with van der Waals surface area (Å²) in [4.78, 5) is 3.01. The smallest absolute Gasteiger partial charge is 0.427 e. The molecule has 1 aliphatic heterocycles. The van der Waals surface area contributed by atoms with Gasteiger partial charge >= 0.3 is 10.3 Å². The summed E-state index contributed by atoms with van der Waals surface area (Å²) in [5, 5.41) is 12.2. The number of hydrogen-bond acceptors (Lipinski definition) is 5. The number of nitrogens with zero attached hydrogens (tertiary/aromatic N) is 2. The van der Waals surface area contributed by atoms with Gasteiger partial charge in [0.1, 0.15) is 18.2 Å². The topological polar surface area (TPSA) is 108 Å². The molecule has 1 atom stereocenters. The van der Waals surface area contributed by atoms with Crippen LogP contribution in [-0.2, 0) is 25.8 Å². The maximum Gasteiger partial charge on any atom is 0.427 e. The number of aromatic amines is 1. The third-order valence-electron chi connectivity index (χ3n) is 4.15. The molecule has 0 saturated heterocycles. The van der Waals surface area contributed by atoms with E-state index in [0.717, 1.165) is 17.2 Å². The molecule has 0 bridgehead atoms. The quantitative estimate of drug-likeness (QED) is 0.503. The zero-order valence-corrected chi connectivity index (χ0v) is 20.2. The first-order chi connectivity index (χ1) is 15.6. The lowest BCUT2D eigenvalue weighted by Gasteiger charge is -2.17. The molecule has 0 aliphatic carbocycles. The Labute approximate surface area is 205 Å². The highest BCUT2D eigenvalue weighted by molar-refractivity contribution is 7.85. The van der Waals surface area contributed by atoms with Crippen molar-refractivity contribution in [3.63, 3.8) is 0 Å². The predicted octanol–water partition coefficient (Wildman–Crippen LogP) is 3.95. The number of rotatable bonds is 5. The van der Waals surface area contributed by atoms with Crippen molar-refractivity contribution in [2.75, 3.05) is 0 Å². The molecule has 1 aliphatic rings. The Morgan fingerprint density at radius 1 is 1.15 bits per heavy atom. The van der Waals surface area contributed by atoms with Crippen LogP contribution >= 0.6 is 34.8 Å². The number of aromatic nitrogens is 2. The fourth-order valence-corrected chi connectivity index (χ4v) is 4.08. The van der Waals surface area contributed by atoms with Gasteiger partial charge in [0.05, 0.1) is 11.6 Å². The zero-order valence-electron chi connectivity index (χ0n) is 17.1. The molecule has 4 rings (SSSR count). The van der Waals surface area contributed by atoms with E-state index in [4.69, 9.17) is 39.5 Å². The Morgan fingerprint density at radius 3 is 2.42 bits per heavy atom. The van der Waals surface area contributed by atoms with E-state index >= 15 is 0 Å². The van der Waals surface area contributed by atoms with E-state index in [-0.39, 0.29) is 12.0 Å². The number of H-pyrrole nitrogens is 1. The third-order valence-corrected chi connectivity index (χ3v) is 5.84. The van der Waals surface area contributed by atoms with Crippen LogP contribution in [0.2, 0.25) is 15.1 Å². The number of halogens is 3. The molecule has 8 nitrogen and oxygen atoms in total. The van der Waals surface area contributed by atoms with Crippen LogP contribution in [0, 0.1) is 0 Å². The molecule has 0 amide bonds. The zero-order chi connectivity index (χ0) is 24.0. The second-order valence-corrected chi connectivity index (χ2v) is 9.19. The summed E-state index contributed by atoms with van der Waals surface area (Å²) in [7, 11) is -3.97. The predicted molar refractivity (Wildman–Crippen MR) is 123 cm³/mol. The van der Waals surface area contributed by atoms with Crippen molar-refractivity contribution in [2.24, 2.45) is 4.40 Å². The number of benzene rings is 2. The highest BCUT2D eigenvalue weighted by atomic mass is 35.5. The molecular weight excluding hydrogens is 513 g/mol. The minimum absolute atomic E-state index is 0.0417. The van der Waals surface area contributed by atoms with Gasteiger partial charge in [0, 0.05) is 21.5 Å². The van der Waals surface area contributed by atoms with Crippen LogP contribution in [0.15, 0.2) is 77.4 Å². The molecule has 33 heavy (non-hydrogen) atoms. The van der Waals surface area contributed by atoms with Crippen LogP contribution in [0.4, 0.5) is 0 Å². The van der Waals surface area contributed by atoms with Crippen molar-refractivity contribution in [1.82, 2.24) is 4.98 Å².